The molecule has 96 valence electrons. The molecule has 5 nitrogen and oxygen atoms in total. The summed E-state index contributed by atoms with van der Waals surface area (Å²) in [6.07, 6.45) is 0. The van der Waals surface area contributed by atoms with E-state index in [9.17, 15) is 9.18 Å². The summed E-state index contributed by atoms with van der Waals surface area (Å²) in [6.45, 7) is 0.590. The number of nitriles is 1. The highest BCUT2D eigenvalue weighted by Gasteiger charge is 2.05. The Hall–Kier alpha value is -2.13. The molecule has 0 saturated carbocycles. The topological polar surface area (TPSA) is 71.3 Å². The lowest BCUT2D eigenvalue weighted by Crippen LogP contribution is -2.31. The second kappa shape index (κ2) is 7.25. The molecule has 0 aliphatic heterocycles. The number of ether oxygens (including phenoxy) is 2. The van der Waals surface area contributed by atoms with E-state index in [4.69, 9.17) is 14.7 Å². The Kier molecular flexibility index (Phi) is 5.61. The van der Waals surface area contributed by atoms with Gasteiger partial charge in [0.05, 0.1) is 12.2 Å². The molecule has 0 radical (unpaired) electrons. The van der Waals surface area contributed by atoms with Crippen molar-refractivity contribution < 1.29 is 18.7 Å². The normalized spacial score (nSPS) is 9.61. The SMILES string of the molecule is COCCNC(=O)COc1ccc(C#N)c(F)c1. The zero-order valence-corrected chi connectivity index (χ0v) is 9.90. The Balaban J connectivity index is 2.42. The first kappa shape index (κ1) is 13.9. The van der Waals surface area contributed by atoms with Crippen LogP contribution in [0.1, 0.15) is 5.56 Å². The number of methoxy groups -OCH3 is 1. The first-order valence-electron chi connectivity index (χ1n) is 5.25. The number of nitrogens with zero attached hydrogens (tertiary/aromatic N) is 1. The number of benzene rings is 1. The van der Waals surface area contributed by atoms with E-state index in [1.807, 2.05) is 0 Å². The molecule has 0 saturated heterocycles. The number of rotatable bonds is 6. The maximum atomic E-state index is 13.2. The highest BCUT2D eigenvalue weighted by atomic mass is 19.1. The molecule has 0 spiro atoms. The van der Waals surface area contributed by atoms with Gasteiger partial charge in [0.1, 0.15) is 17.6 Å². The van der Waals surface area contributed by atoms with Crippen molar-refractivity contribution in [2.75, 3.05) is 26.9 Å². The minimum atomic E-state index is -0.671. The van der Waals surface area contributed by atoms with E-state index in [-0.39, 0.29) is 23.8 Å². The van der Waals surface area contributed by atoms with Crippen LogP contribution in [0.3, 0.4) is 0 Å². The van der Waals surface area contributed by atoms with Gasteiger partial charge in [-0.1, -0.05) is 0 Å². The van der Waals surface area contributed by atoms with E-state index in [0.29, 0.717) is 13.2 Å². The van der Waals surface area contributed by atoms with Gasteiger partial charge in [-0.3, -0.25) is 4.79 Å². The van der Waals surface area contributed by atoms with Crippen LogP contribution in [-0.4, -0.2) is 32.8 Å². The molecule has 1 N–H and O–H groups in total. The van der Waals surface area contributed by atoms with Crippen LogP contribution in [0.2, 0.25) is 0 Å². The van der Waals surface area contributed by atoms with Crippen LogP contribution in [0.4, 0.5) is 4.39 Å². The Morgan fingerprint density at radius 1 is 1.56 bits per heavy atom. The van der Waals surface area contributed by atoms with Crippen LogP contribution in [0.15, 0.2) is 18.2 Å². The lowest BCUT2D eigenvalue weighted by molar-refractivity contribution is -0.123. The molecular weight excluding hydrogens is 239 g/mol. The summed E-state index contributed by atoms with van der Waals surface area (Å²) >= 11 is 0. The fraction of sp³-hybridized carbons (Fsp3) is 0.333. The molecule has 18 heavy (non-hydrogen) atoms. The van der Waals surface area contributed by atoms with Crippen molar-refractivity contribution in [3.05, 3.63) is 29.6 Å². The first-order chi connectivity index (χ1) is 8.67. The maximum absolute atomic E-state index is 13.2. The van der Waals surface area contributed by atoms with Crippen molar-refractivity contribution in [3.63, 3.8) is 0 Å². The zero-order chi connectivity index (χ0) is 13.4. The first-order valence-corrected chi connectivity index (χ1v) is 5.25. The van der Waals surface area contributed by atoms with Crippen molar-refractivity contribution in [1.29, 1.82) is 5.26 Å². The molecule has 0 aliphatic carbocycles. The highest BCUT2D eigenvalue weighted by Crippen LogP contribution is 2.15. The molecule has 0 unspecified atom stereocenters. The number of halogens is 1. The Morgan fingerprint density at radius 3 is 2.94 bits per heavy atom. The molecule has 1 amide bonds. The molecular formula is C12H13FN2O3. The van der Waals surface area contributed by atoms with Gasteiger partial charge in [0.2, 0.25) is 0 Å². The van der Waals surface area contributed by atoms with Gasteiger partial charge in [-0.15, -0.1) is 0 Å². The Morgan fingerprint density at radius 2 is 2.33 bits per heavy atom. The third kappa shape index (κ3) is 4.39. The van der Waals surface area contributed by atoms with E-state index in [0.717, 1.165) is 6.07 Å². The number of amides is 1. The lowest BCUT2D eigenvalue weighted by Gasteiger charge is -2.07. The maximum Gasteiger partial charge on any atom is 0.258 e. The quantitative estimate of drug-likeness (QED) is 0.761. The van der Waals surface area contributed by atoms with Crippen LogP contribution in [0, 0.1) is 17.1 Å². The standard InChI is InChI=1S/C12H13FN2O3/c1-17-5-4-15-12(16)8-18-10-3-2-9(7-14)11(13)6-10/h2-3,6H,4-5,8H2,1H3,(H,15,16). The van der Waals surface area contributed by atoms with Gasteiger partial charge in [-0.2, -0.15) is 5.26 Å². The van der Waals surface area contributed by atoms with Gasteiger partial charge >= 0.3 is 0 Å². The van der Waals surface area contributed by atoms with Gasteiger partial charge < -0.3 is 14.8 Å². The summed E-state index contributed by atoms with van der Waals surface area (Å²) in [5.41, 5.74) is -0.0631. The van der Waals surface area contributed by atoms with Crippen molar-refractivity contribution in [2.45, 2.75) is 0 Å². The van der Waals surface area contributed by atoms with Crippen LogP contribution >= 0.6 is 0 Å². The molecule has 1 aromatic rings. The average molecular weight is 252 g/mol. The van der Waals surface area contributed by atoms with E-state index in [1.165, 1.54) is 19.2 Å². The molecule has 1 aromatic carbocycles. The third-order valence-corrected chi connectivity index (χ3v) is 2.06. The predicted molar refractivity (Wildman–Crippen MR) is 61.5 cm³/mol. The van der Waals surface area contributed by atoms with E-state index >= 15 is 0 Å². The average Bonchev–Trinajstić information content (AvgIpc) is 2.37. The van der Waals surface area contributed by atoms with Gasteiger partial charge in [-0.25, -0.2) is 4.39 Å². The number of hydrogen-bond donors (Lipinski definition) is 1. The second-order valence-corrected chi connectivity index (χ2v) is 3.38. The van der Waals surface area contributed by atoms with Crippen LogP contribution in [0.5, 0.6) is 5.75 Å². The van der Waals surface area contributed by atoms with E-state index in [2.05, 4.69) is 5.32 Å². The summed E-state index contributed by atoms with van der Waals surface area (Å²) in [5, 5.41) is 11.1. The predicted octanol–water partition coefficient (Wildman–Crippen LogP) is 0.839. The number of nitrogens with one attached hydrogen (secondary N) is 1. The summed E-state index contributed by atoms with van der Waals surface area (Å²) in [6, 6.07) is 5.50. The smallest absolute Gasteiger partial charge is 0.258 e. The van der Waals surface area contributed by atoms with Crippen molar-refractivity contribution in [2.24, 2.45) is 0 Å². The monoisotopic (exact) mass is 252 g/mol. The van der Waals surface area contributed by atoms with Gasteiger partial charge in [0.15, 0.2) is 6.61 Å². The van der Waals surface area contributed by atoms with Crippen LogP contribution < -0.4 is 10.1 Å². The molecule has 1 rings (SSSR count). The summed E-state index contributed by atoms with van der Waals surface area (Å²) in [5.74, 6) is -0.792. The number of carbonyl (C=O) groups excluding carboxylic acids is 1. The fourth-order valence-corrected chi connectivity index (χ4v) is 1.17. The molecule has 0 heterocycles. The second-order valence-electron chi connectivity index (χ2n) is 3.38. The Bertz CT molecular complexity index is 457. The lowest BCUT2D eigenvalue weighted by atomic mass is 10.2. The Labute approximate surface area is 104 Å². The van der Waals surface area contributed by atoms with Crippen molar-refractivity contribution in [3.8, 4) is 11.8 Å². The van der Waals surface area contributed by atoms with E-state index in [1.54, 1.807) is 6.07 Å². The third-order valence-electron chi connectivity index (χ3n) is 2.06. The number of hydrogen-bond acceptors (Lipinski definition) is 4. The largest absolute Gasteiger partial charge is 0.484 e. The van der Waals surface area contributed by atoms with Gasteiger partial charge in [0, 0.05) is 19.7 Å². The van der Waals surface area contributed by atoms with Crippen LogP contribution in [-0.2, 0) is 9.53 Å². The minimum Gasteiger partial charge on any atom is -0.484 e. The summed E-state index contributed by atoms with van der Waals surface area (Å²) in [7, 11) is 1.53. The summed E-state index contributed by atoms with van der Waals surface area (Å²) < 4.78 is 23.0. The molecule has 0 fully saturated rings. The fourth-order valence-electron chi connectivity index (χ4n) is 1.17. The van der Waals surface area contributed by atoms with Crippen LogP contribution in [0.25, 0.3) is 0 Å². The summed E-state index contributed by atoms with van der Waals surface area (Å²) in [4.78, 5) is 11.3. The van der Waals surface area contributed by atoms with Crippen molar-refractivity contribution in [1.82, 2.24) is 5.32 Å². The minimum absolute atomic E-state index is 0.0631. The van der Waals surface area contributed by atoms with E-state index < -0.39 is 5.82 Å². The van der Waals surface area contributed by atoms with Gasteiger partial charge in [-0.05, 0) is 12.1 Å². The molecule has 0 atom stereocenters. The molecule has 0 aliphatic rings. The molecule has 6 heteroatoms. The highest BCUT2D eigenvalue weighted by molar-refractivity contribution is 5.77. The molecule has 0 bridgehead atoms. The zero-order valence-electron chi connectivity index (χ0n) is 9.90. The van der Waals surface area contributed by atoms with Gasteiger partial charge in [0.25, 0.3) is 5.91 Å². The van der Waals surface area contributed by atoms with Crippen molar-refractivity contribution >= 4 is 5.91 Å². The molecule has 0 aromatic heterocycles. The number of carbonyl (C=O) groups is 1.